The van der Waals surface area contributed by atoms with E-state index in [0.29, 0.717) is 12.8 Å². The van der Waals surface area contributed by atoms with Crippen LogP contribution in [0.4, 0.5) is 0 Å². The highest BCUT2D eigenvalue weighted by Gasteiger charge is 2.21. The molecule has 0 aromatic heterocycles. The van der Waals surface area contributed by atoms with E-state index in [4.69, 9.17) is 5.11 Å². The number of unbranched alkanes of at least 4 members (excludes halogenated alkanes) is 3. The molecule has 0 aromatic rings. The summed E-state index contributed by atoms with van der Waals surface area (Å²) < 4.78 is 0. The van der Waals surface area contributed by atoms with Gasteiger partial charge in [-0.3, -0.25) is 9.59 Å². The Morgan fingerprint density at radius 2 is 2.08 bits per heavy atom. The molecule has 0 heterocycles. The highest BCUT2D eigenvalue weighted by molar-refractivity contribution is 6.07. The van der Waals surface area contributed by atoms with E-state index in [-0.39, 0.29) is 24.2 Å². The average molecular weight is 334 g/mol. The van der Waals surface area contributed by atoms with Gasteiger partial charge in [-0.05, 0) is 38.2 Å². The fourth-order valence-corrected chi connectivity index (χ4v) is 2.79. The zero-order chi connectivity index (χ0) is 17.8. The molecule has 0 amide bonds. The normalized spacial score (nSPS) is 20.3. The first-order valence-electron chi connectivity index (χ1n) is 9.02. The first kappa shape index (κ1) is 20.4. The zero-order valence-corrected chi connectivity index (χ0v) is 14.6. The molecule has 134 valence electrons. The highest BCUT2D eigenvalue weighted by Crippen LogP contribution is 2.26. The summed E-state index contributed by atoms with van der Waals surface area (Å²) in [5.41, 5.74) is 0.778. The van der Waals surface area contributed by atoms with Crippen LogP contribution in [0.3, 0.4) is 0 Å². The van der Waals surface area contributed by atoms with Crippen LogP contribution in [-0.2, 0) is 9.59 Å². The van der Waals surface area contributed by atoms with Gasteiger partial charge in [0.15, 0.2) is 5.78 Å². The maximum Gasteiger partial charge on any atom is 0.303 e. The van der Waals surface area contributed by atoms with Crippen molar-refractivity contribution in [2.24, 2.45) is 5.92 Å². The molecule has 0 aliphatic heterocycles. The van der Waals surface area contributed by atoms with E-state index < -0.39 is 5.97 Å². The van der Waals surface area contributed by atoms with Crippen molar-refractivity contribution < 1.29 is 19.8 Å². The number of carbonyl (C=O) groups excluding carboxylic acids is 1. The quantitative estimate of drug-likeness (QED) is 0.319. The molecule has 2 N–H and O–H groups in total. The molecule has 0 fully saturated rings. The molecular formula is C20H30O4. The molecule has 4 heteroatoms. The predicted molar refractivity (Wildman–Crippen MR) is 95.7 cm³/mol. The van der Waals surface area contributed by atoms with Gasteiger partial charge in [-0.1, -0.05) is 50.5 Å². The van der Waals surface area contributed by atoms with Crippen molar-refractivity contribution in [1.29, 1.82) is 0 Å². The molecule has 0 aromatic carbocycles. The van der Waals surface area contributed by atoms with Gasteiger partial charge in [-0.15, -0.1) is 0 Å². The second-order valence-electron chi connectivity index (χ2n) is 6.37. The predicted octanol–water partition coefficient (Wildman–Crippen LogP) is 4.20. The van der Waals surface area contributed by atoms with Crippen LogP contribution in [-0.4, -0.2) is 28.1 Å². The molecule has 0 spiro atoms. The Balaban J connectivity index is 2.39. The SMILES string of the molecule is CCCCC[C@H](O)C/C=C1\C(=O)C=C[C@@H]1C/C=C\CCCC(=O)O. The minimum Gasteiger partial charge on any atom is -0.481 e. The Morgan fingerprint density at radius 3 is 2.79 bits per heavy atom. The average Bonchev–Trinajstić information content (AvgIpc) is 2.89. The van der Waals surface area contributed by atoms with Crippen LogP contribution in [0, 0.1) is 5.92 Å². The van der Waals surface area contributed by atoms with E-state index in [1.807, 2.05) is 24.3 Å². The van der Waals surface area contributed by atoms with Crippen molar-refractivity contribution in [1.82, 2.24) is 0 Å². The maximum absolute atomic E-state index is 11.9. The second kappa shape index (κ2) is 11.8. The lowest BCUT2D eigenvalue weighted by molar-refractivity contribution is -0.137. The molecular weight excluding hydrogens is 304 g/mol. The summed E-state index contributed by atoms with van der Waals surface area (Å²) in [4.78, 5) is 22.4. The number of aliphatic hydroxyl groups is 1. The van der Waals surface area contributed by atoms with Gasteiger partial charge in [0.2, 0.25) is 0 Å². The van der Waals surface area contributed by atoms with Crippen molar-refractivity contribution in [3.63, 3.8) is 0 Å². The van der Waals surface area contributed by atoms with Crippen molar-refractivity contribution in [2.45, 2.75) is 70.8 Å². The third kappa shape index (κ3) is 8.25. The standard InChI is InChI=1S/C20H30O4/c1-2-3-6-10-17(21)13-14-18-16(12-15-19(18)22)9-7-4-5-8-11-20(23)24/h4,7,12,14-17,21H,2-3,5-6,8-11,13H2,1H3,(H,23,24)/b7-4-,18-14-/t16-,17-/m0/s1. The maximum atomic E-state index is 11.9. The first-order valence-corrected chi connectivity index (χ1v) is 9.02. The fourth-order valence-electron chi connectivity index (χ4n) is 2.79. The van der Waals surface area contributed by atoms with Crippen molar-refractivity contribution in [2.75, 3.05) is 0 Å². The van der Waals surface area contributed by atoms with Crippen LogP contribution in [0.1, 0.15) is 64.7 Å². The minimum absolute atomic E-state index is 0.0417. The number of ketones is 1. The van der Waals surface area contributed by atoms with Gasteiger partial charge in [0.05, 0.1) is 6.10 Å². The van der Waals surface area contributed by atoms with Crippen LogP contribution in [0.2, 0.25) is 0 Å². The van der Waals surface area contributed by atoms with Gasteiger partial charge in [0.25, 0.3) is 0 Å². The molecule has 24 heavy (non-hydrogen) atoms. The number of allylic oxidation sites excluding steroid dienone is 5. The minimum atomic E-state index is -0.768. The van der Waals surface area contributed by atoms with Gasteiger partial charge in [-0.2, -0.15) is 0 Å². The Bertz CT molecular complexity index is 488. The number of aliphatic hydroxyl groups excluding tert-OH is 1. The molecule has 2 atom stereocenters. The zero-order valence-electron chi connectivity index (χ0n) is 14.6. The smallest absolute Gasteiger partial charge is 0.303 e. The fraction of sp³-hybridized carbons (Fsp3) is 0.600. The number of hydrogen-bond donors (Lipinski definition) is 2. The Morgan fingerprint density at radius 1 is 1.29 bits per heavy atom. The third-order valence-electron chi connectivity index (χ3n) is 4.23. The van der Waals surface area contributed by atoms with Gasteiger partial charge < -0.3 is 10.2 Å². The van der Waals surface area contributed by atoms with Crippen molar-refractivity contribution >= 4 is 11.8 Å². The molecule has 1 aliphatic rings. The number of rotatable bonds is 12. The topological polar surface area (TPSA) is 74.6 Å². The van der Waals surface area contributed by atoms with Crippen LogP contribution in [0.15, 0.2) is 36.0 Å². The number of carboxylic acids is 1. The summed E-state index contributed by atoms with van der Waals surface area (Å²) >= 11 is 0. The molecule has 0 saturated carbocycles. The van der Waals surface area contributed by atoms with Gasteiger partial charge in [0.1, 0.15) is 0 Å². The highest BCUT2D eigenvalue weighted by atomic mass is 16.4. The molecule has 1 rings (SSSR count). The monoisotopic (exact) mass is 334 g/mol. The summed E-state index contributed by atoms with van der Waals surface area (Å²) in [5.74, 6) is -0.647. The summed E-state index contributed by atoms with van der Waals surface area (Å²) in [6, 6.07) is 0. The Labute approximate surface area is 145 Å². The van der Waals surface area contributed by atoms with Gasteiger partial charge in [-0.25, -0.2) is 0 Å². The summed E-state index contributed by atoms with van der Waals surface area (Å²) in [5, 5.41) is 18.6. The van der Waals surface area contributed by atoms with E-state index >= 15 is 0 Å². The van der Waals surface area contributed by atoms with Crippen LogP contribution >= 0.6 is 0 Å². The largest absolute Gasteiger partial charge is 0.481 e. The number of carbonyl (C=O) groups is 2. The van der Waals surface area contributed by atoms with Crippen LogP contribution in [0.25, 0.3) is 0 Å². The number of aliphatic carboxylic acids is 1. The molecule has 0 radical (unpaired) electrons. The summed E-state index contributed by atoms with van der Waals surface area (Å²) in [7, 11) is 0. The van der Waals surface area contributed by atoms with Gasteiger partial charge >= 0.3 is 5.97 Å². The van der Waals surface area contributed by atoms with Crippen molar-refractivity contribution in [3.8, 4) is 0 Å². The lowest BCUT2D eigenvalue weighted by atomic mass is 9.95. The summed E-state index contributed by atoms with van der Waals surface area (Å²) in [6.07, 6.45) is 16.0. The number of carboxylic acid groups (broad SMARTS) is 1. The summed E-state index contributed by atoms with van der Waals surface area (Å²) in [6.45, 7) is 2.14. The molecule has 4 nitrogen and oxygen atoms in total. The molecule has 0 bridgehead atoms. The molecule has 0 saturated heterocycles. The van der Waals surface area contributed by atoms with E-state index in [1.54, 1.807) is 6.08 Å². The Kier molecular flexibility index (Phi) is 10.0. The van der Waals surface area contributed by atoms with Crippen LogP contribution in [0.5, 0.6) is 0 Å². The lowest BCUT2D eigenvalue weighted by Gasteiger charge is -2.11. The van der Waals surface area contributed by atoms with E-state index in [0.717, 1.165) is 44.1 Å². The van der Waals surface area contributed by atoms with Gasteiger partial charge in [0, 0.05) is 17.9 Å². The van der Waals surface area contributed by atoms with Crippen molar-refractivity contribution in [3.05, 3.63) is 36.0 Å². The van der Waals surface area contributed by atoms with Crippen LogP contribution < -0.4 is 0 Å². The van der Waals surface area contributed by atoms with E-state index in [2.05, 4.69) is 6.92 Å². The Hall–Kier alpha value is -1.68. The number of hydrogen-bond acceptors (Lipinski definition) is 3. The van der Waals surface area contributed by atoms with E-state index in [1.165, 1.54) is 0 Å². The molecule has 0 unspecified atom stereocenters. The second-order valence-corrected chi connectivity index (χ2v) is 6.37. The van der Waals surface area contributed by atoms with E-state index in [9.17, 15) is 14.7 Å². The third-order valence-corrected chi connectivity index (χ3v) is 4.23. The molecule has 1 aliphatic carbocycles. The lowest BCUT2D eigenvalue weighted by Crippen LogP contribution is -2.08. The first-order chi connectivity index (χ1) is 11.5.